The van der Waals surface area contributed by atoms with Gasteiger partial charge in [0, 0.05) is 33.3 Å². The van der Waals surface area contributed by atoms with Crippen molar-refractivity contribution in [1.29, 1.82) is 0 Å². The van der Waals surface area contributed by atoms with Crippen molar-refractivity contribution in [1.82, 2.24) is 19.3 Å². The Kier molecular flexibility index (Phi) is 10.3. The predicted molar refractivity (Wildman–Crippen MR) is 177 cm³/mol. The summed E-state index contributed by atoms with van der Waals surface area (Å²) in [6.45, 7) is 1.90. The summed E-state index contributed by atoms with van der Waals surface area (Å²) < 4.78 is 45.9. The third-order valence-corrected chi connectivity index (χ3v) is 8.26. The summed E-state index contributed by atoms with van der Waals surface area (Å²) >= 11 is 6.66. The Morgan fingerprint density at radius 3 is 2.40 bits per heavy atom. The van der Waals surface area contributed by atoms with Crippen molar-refractivity contribution in [3.8, 4) is 28.8 Å². The molecule has 5 aromatic rings. The topological polar surface area (TPSA) is 116 Å². The number of hydrogen-bond acceptors (Lipinski definition) is 9. The molecule has 0 unspecified atom stereocenters. The highest BCUT2D eigenvalue weighted by molar-refractivity contribution is 6.32. The molecule has 1 aliphatic heterocycles. The molecule has 11 nitrogen and oxygen atoms in total. The van der Waals surface area contributed by atoms with Crippen molar-refractivity contribution >= 4 is 28.3 Å². The molecule has 0 bridgehead atoms. The zero-order valence-electron chi connectivity index (χ0n) is 26.5. The van der Waals surface area contributed by atoms with Crippen molar-refractivity contribution in [3.05, 3.63) is 98.9 Å². The number of carbonyl (C=O) groups is 1. The molecule has 0 aliphatic carbocycles. The summed E-state index contributed by atoms with van der Waals surface area (Å²) in [5.41, 5.74) is 1.44. The fraction of sp³-hybridized carbons (Fsp3) is 0.314. The Hall–Kier alpha value is -4.78. The van der Waals surface area contributed by atoms with E-state index in [0.29, 0.717) is 78.8 Å². The lowest BCUT2D eigenvalue weighted by Crippen LogP contribution is -2.25. The molecule has 250 valence electrons. The minimum Gasteiger partial charge on any atom is -0.487 e. The van der Waals surface area contributed by atoms with Gasteiger partial charge in [-0.15, -0.1) is 0 Å². The van der Waals surface area contributed by atoms with Crippen LogP contribution in [0.5, 0.6) is 23.1 Å². The van der Waals surface area contributed by atoms with E-state index in [2.05, 4.69) is 9.97 Å². The molecule has 6 rings (SSSR count). The summed E-state index contributed by atoms with van der Waals surface area (Å²) in [6, 6.07) is 14.5. The number of carbonyl (C=O) groups excluding carboxylic acids is 1. The minimum atomic E-state index is -0.533. The van der Waals surface area contributed by atoms with Gasteiger partial charge in [0.15, 0.2) is 17.3 Å². The molecule has 0 fully saturated rings. The number of halogens is 2. The molecule has 0 spiro atoms. The zero-order valence-corrected chi connectivity index (χ0v) is 27.3. The summed E-state index contributed by atoms with van der Waals surface area (Å²) in [6.07, 6.45) is 3.51. The van der Waals surface area contributed by atoms with Crippen molar-refractivity contribution in [2.24, 2.45) is 0 Å². The Morgan fingerprint density at radius 1 is 0.917 bits per heavy atom. The van der Waals surface area contributed by atoms with Gasteiger partial charge in [-0.25, -0.2) is 19.0 Å². The van der Waals surface area contributed by atoms with E-state index in [1.54, 1.807) is 61.4 Å². The van der Waals surface area contributed by atoms with Gasteiger partial charge in [-0.05, 0) is 55.2 Å². The predicted octanol–water partition coefficient (Wildman–Crippen LogP) is 5.98. The van der Waals surface area contributed by atoms with Crippen LogP contribution in [-0.4, -0.2) is 65.8 Å². The van der Waals surface area contributed by atoms with Gasteiger partial charge in [0.2, 0.25) is 5.88 Å². The van der Waals surface area contributed by atoms with Crippen LogP contribution in [0.3, 0.4) is 0 Å². The van der Waals surface area contributed by atoms with Crippen LogP contribution < -0.4 is 19.8 Å². The SMILES string of the molecule is COCCOc1cc2ncnc(Oc3ccc(CC(=O)c4c5n(n(-c6ccccc6F)c4=O)CCCC5)cc3Cl)c2cc1OCCOC. The second-order valence-electron chi connectivity index (χ2n) is 11.1. The monoisotopic (exact) mass is 676 g/mol. The molecule has 13 heteroatoms. The Labute approximate surface area is 280 Å². The Morgan fingerprint density at radius 2 is 1.67 bits per heavy atom. The maximum atomic E-state index is 14.8. The molecular weight excluding hydrogens is 643 g/mol. The van der Waals surface area contributed by atoms with Crippen LogP contribution >= 0.6 is 11.6 Å². The molecule has 3 heterocycles. The molecule has 0 N–H and O–H groups in total. The summed E-state index contributed by atoms with van der Waals surface area (Å²) in [5, 5.41) is 0.801. The Balaban J connectivity index is 1.25. The van der Waals surface area contributed by atoms with Crippen LogP contribution in [0.4, 0.5) is 4.39 Å². The molecule has 0 saturated carbocycles. The highest BCUT2D eigenvalue weighted by atomic mass is 35.5. The summed E-state index contributed by atoms with van der Waals surface area (Å²) in [4.78, 5) is 36.0. The van der Waals surface area contributed by atoms with Crippen molar-refractivity contribution in [3.63, 3.8) is 0 Å². The average molecular weight is 677 g/mol. The third kappa shape index (κ3) is 6.91. The molecule has 0 saturated heterocycles. The van der Waals surface area contributed by atoms with E-state index in [9.17, 15) is 14.0 Å². The number of para-hydroxylation sites is 1. The molecule has 48 heavy (non-hydrogen) atoms. The van der Waals surface area contributed by atoms with Gasteiger partial charge >= 0.3 is 0 Å². The highest BCUT2D eigenvalue weighted by Crippen LogP contribution is 2.38. The van der Waals surface area contributed by atoms with Gasteiger partial charge in [-0.1, -0.05) is 29.8 Å². The van der Waals surface area contributed by atoms with Crippen LogP contribution in [0.2, 0.25) is 5.02 Å². The van der Waals surface area contributed by atoms with Crippen LogP contribution in [0.25, 0.3) is 16.6 Å². The van der Waals surface area contributed by atoms with Gasteiger partial charge in [-0.3, -0.25) is 14.3 Å². The summed E-state index contributed by atoms with van der Waals surface area (Å²) in [5.74, 6) is 0.582. The third-order valence-electron chi connectivity index (χ3n) is 7.96. The van der Waals surface area contributed by atoms with E-state index in [0.717, 1.165) is 12.8 Å². The number of ketones is 1. The number of aromatic nitrogens is 4. The molecule has 0 atom stereocenters. The molecule has 0 radical (unpaired) electrons. The Bertz CT molecular complexity index is 2010. The van der Waals surface area contributed by atoms with E-state index in [-0.39, 0.29) is 34.4 Å². The largest absolute Gasteiger partial charge is 0.487 e. The van der Waals surface area contributed by atoms with E-state index >= 15 is 0 Å². The van der Waals surface area contributed by atoms with Gasteiger partial charge in [0.25, 0.3) is 5.56 Å². The maximum absolute atomic E-state index is 14.8. The number of hydrogen-bond donors (Lipinski definition) is 0. The van der Waals surface area contributed by atoms with Crippen LogP contribution in [-0.2, 0) is 28.9 Å². The maximum Gasteiger partial charge on any atom is 0.282 e. The van der Waals surface area contributed by atoms with Crippen molar-refractivity contribution in [2.45, 2.75) is 32.2 Å². The average Bonchev–Trinajstić information content (AvgIpc) is 3.38. The van der Waals surface area contributed by atoms with Crippen LogP contribution in [0.1, 0.15) is 34.5 Å². The number of nitrogens with zero attached hydrogens (tertiary/aromatic N) is 4. The minimum absolute atomic E-state index is 0.0754. The molecule has 2 aromatic heterocycles. The lowest BCUT2D eigenvalue weighted by atomic mass is 9.99. The normalized spacial score (nSPS) is 12.6. The molecule has 1 aliphatic rings. The van der Waals surface area contributed by atoms with Gasteiger partial charge in [0.1, 0.15) is 42.4 Å². The highest BCUT2D eigenvalue weighted by Gasteiger charge is 2.28. The quantitative estimate of drug-likeness (QED) is 0.103. The fourth-order valence-electron chi connectivity index (χ4n) is 5.71. The molecule has 0 amide bonds. The first kappa shape index (κ1) is 33.1. The fourth-order valence-corrected chi connectivity index (χ4v) is 5.95. The van der Waals surface area contributed by atoms with E-state index < -0.39 is 11.4 Å². The molecular formula is C35H34ClFN4O7. The number of rotatable bonds is 14. The van der Waals surface area contributed by atoms with Crippen molar-refractivity contribution in [2.75, 3.05) is 40.6 Å². The second kappa shape index (κ2) is 15.0. The van der Waals surface area contributed by atoms with Crippen molar-refractivity contribution < 1.29 is 32.9 Å². The van der Waals surface area contributed by atoms with E-state index in [1.807, 2.05) is 0 Å². The number of Topliss-reactive ketones (excluding diaryl/α,β-unsaturated/α-hetero) is 1. The number of ether oxygens (including phenoxy) is 5. The van der Waals surface area contributed by atoms with Gasteiger partial charge in [-0.2, -0.15) is 0 Å². The van der Waals surface area contributed by atoms with Crippen LogP contribution in [0.15, 0.2) is 65.7 Å². The second-order valence-corrected chi connectivity index (χ2v) is 11.5. The first-order chi connectivity index (χ1) is 23.4. The first-order valence-corrected chi connectivity index (χ1v) is 15.9. The lowest BCUT2D eigenvalue weighted by Gasteiger charge is -2.19. The van der Waals surface area contributed by atoms with E-state index in [4.69, 9.17) is 35.3 Å². The van der Waals surface area contributed by atoms with Gasteiger partial charge in [0.05, 0.1) is 34.8 Å². The molecule has 3 aromatic carbocycles. The van der Waals surface area contributed by atoms with Crippen LogP contribution in [0, 0.1) is 5.82 Å². The lowest BCUT2D eigenvalue weighted by molar-refractivity contribution is 0.0990. The van der Waals surface area contributed by atoms with E-state index in [1.165, 1.54) is 23.1 Å². The zero-order chi connectivity index (χ0) is 33.6. The number of methoxy groups -OCH3 is 2. The summed E-state index contributed by atoms with van der Waals surface area (Å²) in [7, 11) is 3.18. The number of benzene rings is 3. The first-order valence-electron chi connectivity index (χ1n) is 15.5. The van der Waals surface area contributed by atoms with Gasteiger partial charge < -0.3 is 23.7 Å². The number of fused-ring (bicyclic) bond motifs is 2. The smallest absolute Gasteiger partial charge is 0.282 e. The standard InChI is InChI=1S/C35H34ClFN4O7/c1-44-13-15-46-31-19-23-26(20-32(31)47-16-14-45-2)38-21-39-34(23)48-30-11-10-22(17-24(30)36)18-29(42)33-28-9-5-6-12-40(28)41(35(33)43)27-8-4-3-7-25(27)37/h3-4,7-8,10-11,17,19-21H,5-6,9,12-16,18H2,1-2H3.